The Balaban J connectivity index is 2.31. The molecule has 1 heterocycles. The van der Waals surface area contributed by atoms with Crippen LogP contribution < -0.4 is 10.6 Å². The molecule has 0 aliphatic carbocycles. The van der Waals surface area contributed by atoms with Crippen LogP contribution in [0.5, 0.6) is 0 Å². The van der Waals surface area contributed by atoms with Crippen LogP contribution in [-0.2, 0) is 14.4 Å². The molecule has 1 unspecified atom stereocenters. The molecule has 0 radical (unpaired) electrons. The van der Waals surface area contributed by atoms with Crippen molar-refractivity contribution in [1.82, 2.24) is 10.6 Å². The molecule has 5 heteroatoms. The highest BCUT2D eigenvalue weighted by molar-refractivity contribution is 6.13. The Bertz CT molecular complexity index is 260. The number of ketones is 1. The number of carbonyl (C=O) groups excluding carboxylic acids is 3. The normalized spacial score (nSPS) is 20.2. The molecule has 0 spiro atoms. The van der Waals surface area contributed by atoms with Crippen LogP contribution in [0.2, 0.25) is 0 Å². The number of Topliss-reactive ketones (excluding diaryl/α,β-unsaturated/α-hetero) is 1. The lowest BCUT2D eigenvalue weighted by Crippen LogP contribution is -2.43. The second-order valence-electron chi connectivity index (χ2n) is 3.64. The summed E-state index contributed by atoms with van der Waals surface area (Å²) in [4.78, 5) is 33.6. The maximum Gasteiger partial charge on any atom is 0.250 e. The summed E-state index contributed by atoms with van der Waals surface area (Å²) in [5.74, 6) is -0.883. The average Bonchev–Trinajstić information content (AvgIpc) is 2.50. The van der Waals surface area contributed by atoms with E-state index in [1.807, 2.05) is 6.92 Å². The summed E-state index contributed by atoms with van der Waals surface area (Å²) in [6.45, 7) is 2.07. The molecule has 5 nitrogen and oxygen atoms in total. The lowest BCUT2D eigenvalue weighted by molar-refractivity contribution is -0.131. The Kier molecular flexibility index (Phi) is 4.27. The first-order valence-electron chi connectivity index (χ1n) is 5.25. The molecule has 2 N–H and O–H groups in total. The minimum atomic E-state index is -0.959. The first-order valence-corrected chi connectivity index (χ1v) is 5.25. The molecule has 84 valence electrons. The third-order valence-corrected chi connectivity index (χ3v) is 2.33. The first kappa shape index (κ1) is 11.7. The zero-order valence-electron chi connectivity index (χ0n) is 8.84. The molecule has 1 fully saturated rings. The monoisotopic (exact) mass is 212 g/mol. The van der Waals surface area contributed by atoms with Gasteiger partial charge in [-0.25, -0.2) is 0 Å². The van der Waals surface area contributed by atoms with Crippen LogP contribution in [0.25, 0.3) is 0 Å². The summed E-state index contributed by atoms with van der Waals surface area (Å²) in [5.41, 5.74) is 0. The quantitative estimate of drug-likeness (QED) is 0.487. The van der Waals surface area contributed by atoms with Gasteiger partial charge in [0.25, 0.3) is 5.91 Å². The third kappa shape index (κ3) is 3.34. The summed E-state index contributed by atoms with van der Waals surface area (Å²) < 4.78 is 0. The van der Waals surface area contributed by atoms with Crippen molar-refractivity contribution < 1.29 is 14.4 Å². The maximum atomic E-state index is 11.3. The summed E-state index contributed by atoms with van der Waals surface area (Å²) in [6.07, 6.45) is 3.20. The summed E-state index contributed by atoms with van der Waals surface area (Å²) in [7, 11) is 0. The van der Waals surface area contributed by atoms with E-state index < -0.39 is 11.9 Å². The van der Waals surface area contributed by atoms with Gasteiger partial charge in [0, 0.05) is 6.42 Å². The number of rotatable bonds is 5. The first-order chi connectivity index (χ1) is 7.15. The number of amides is 2. The van der Waals surface area contributed by atoms with Gasteiger partial charge in [-0.1, -0.05) is 19.8 Å². The van der Waals surface area contributed by atoms with Crippen molar-refractivity contribution in [3.63, 3.8) is 0 Å². The summed E-state index contributed by atoms with van der Waals surface area (Å²) in [5, 5.41) is 4.83. The predicted molar refractivity (Wildman–Crippen MR) is 54.1 cm³/mol. The Morgan fingerprint density at radius 1 is 1.47 bits per heavy atom. The fourth-order valence-electron chi connectivity index (χ4n) is 1.44. The Labute approximate surface area is 88.6 Å². The van der Waals surface area contributed by atoms with Crippen molar-refractivity contribution in [2.24, 2.45) is 0 Å². The van der Waals surface area contributed by atoms with Crippen LogP contribution in [0.3, 0.4) is 0 Å². The van der Waals surface area contributed by atoms with E-state index in [4.69, 9.17) is 0 Å². The van der Waals surface area contributed by atoms with E-state index in [0.717, 1.165) is 19.3 Å². The molecule has 1 aliphatic heterocycles. The minimum Gasteiger partial charge on any atom is -0.347 e. The molecular formula is C10H16N2O3. The lowest BCUT2D eigenvalue weighted by Gasteiger charge is -2.08. The van der Waals surface area contributed by atoms with Crippen LogP contribution in [-0.4, -0.2) is 30.2 Å². The number of hydrogen-bond acceptors (Lipinski definition) is 3. The van der Waals surface area contributed by atoms with E-state index in [1.54, 1.807) is 0 Å². The molecule has 1 aliphatic rings. The van der Waals surface area contributed by atoms with Gasteiger partial charge in [-0.2, -0.15) is 0 Å². The number of unbranched alkanes of at least 4 members (excludes halogenated alkanes) is 2. The molecule has 2 amide bonds. The molecule has 1 rings (SSSR count). The van der Waals surface area contributed by atoms with E-state index in [9.17, 15) is 14.4 Å². The molecule has 15 heavy (non-hydrogen) atoms. The van der Waals surface area contributed by atoms with Crippen molar-refractivity contribution >= 4 is 17.6 Å². The summed E-state index contributed by atoms with van der Waals surface area (Å²) >= 11 is 0. The third-order valence-electron chi connectivity index (χ3n) is 2.33. The van der Waals surface area contributed by atoms with Gasteiger partial charge < -0.3 is 10.6 Å². The highest BCUT2D eigenvalue weighted by Crippen LogP contribution is 2.01. The van der Waals surface area contributed by atoms with E-state index in [1.165, 1.54) is 0 Å². The summed E-state index contributed by atoms with van der Waals surface area (Å²) in [6, 6.07) is -0.959. The molecule has 0 aromatic heterocycles. The molecule has 1 saturated heterocycles. The van der Waals surface area contributed by atoms with Gasteiger partial charge in [0.05, 0.1) is 6.54 Å². The molecule has 0 saturated carbocycles. The van der Waals surface area contributed by atoms with Crippen molar-refractivity contribution in [2.45, 2.75) is 38.6 Å². The van der Waals surface area contributed by atoms with E-state index in [-0.39, 0.29) is 18.2 Å². The van der Waals surface area contributed by atoms with Crippen molar-refractivity contribution in [3.05, 3.63) is 0 Å². The molecule has 0 aromatic carbocycles. The maximum absolute atomic E-state index is 11.3. The van der Waals surface area contributed by atoms with Crippen molar-refractivity contribution in [2.75, 3.05) is 6.54 Å². The van der Waals surface area contributed by atoms with Gasteiger partial charge in [-0.3, -0.25) is 14.4 Å². The number of nitrogens with one attached hydrogen (secondary N) is 2. The highest BCUT2D eigenvalue weighted by Gasteiger charge is 2.33. The predicted octanol–water partition coefficient (Wildman–Crippen LogP) is -0.250. The van der Waals surface area contributed by atoms with Gasteiger partial charge in [0.15, 0.2) is 11.8 Å². The van der Waals surface area contributed by atoms with Gasteiger partial charge >= 0.3 is 0 Å². The molecule has 0 bridgehead atoms. The second-order valence-corrected chi connectivity index (χ2v) is 3.64. The van der Waals surface area contributed by atoms with Gasteiger partial charge in [-0.05, 0) is 6.42 Å². The van der Waals surface area contributed by atoms with Crippen LogP contribution in [0.4, 0.5) is 0 Å². The Hall–Kier alpha value is -1.39. The average molecular weight is 212 g/mol. The largest absolute Gasteiger partial charge is 0.347 e. The van der Waals surface area contributed by atoms with Gasteiger partial charge in [0.2, 0.25) is 5.91 Å². The lowest BCUT2D eigenvalue weighted by atomic mass is 10.1. The fourth-order valence-corrected chi connectivity index (χ4v) is 1.44. The SMILES string of the molecule is CCCCCC(=O)NC1C(=O)CNC1=O. The second kappa shape index (κ2) is 5.48. The highest BCUT2D eigenvalue weighted by atomic mass is 16.2. The molecule has 0 aromatic rings. The number of hydrogen-bond donors (Lipinski definition) is 2. The van der Waals surface area contributed by atoms with Crippen molar-refractivity contribution in [3.8, 4) is 0 Å². The Morgan fingerprint density at radius 2 is 2.20 bits per heavy atom. The van der Waals surface area contributed by atoms with Crippen LogP contribution in [0, 0.1) is 0 Å². The zero-order valence-corrected chi connectivity index (χ0v) is 8.84. The van der Waals surface area contributed by atoms with Crippen LogP contribution in [0.15, 0.2) is 0 Å². The van der Waals surface area contributed by atoms with Gasteiger partial charge in [-0.15, -0.1) is 0 Å². The number of carbonyl (C=O) groups is 3. The topological polar surface area (TPSA) is 75.3 Å². The Morgan fingerprint density at radius 3 is 2.73 bits per heavy atom. The van der Waals surface area contributed by atoms with Crippen molar-refractivity contribution in [1.29, 1.82) is 0 Å². The van der Waals surface area contributed by atoms with E-state index >= 15 is 0 Å². The van der Waals surface area contributed by atoms with E-state index in [2.05, 4.69) is 10.6 Å². The standard InChI is InChI=1S/C10H16N2O3/c1-2-3-4-5-8(14)12-9-7(13)6-11-10(9)15/h9H,2-6H2,1H3,(H,11,15)(H,12,14). The smallest absolute Gasteiger partial charge is 0.250 e. The molecular weight excluding hydrogens is 196 g/mol. The van der Waals surface area contributed by atoms with Gasteiger partial charge in [0.1, 0.15) is 0 Å². The zero-order chi connectivity index (χ0) is 11.3. The fraction of sp³-hybridized carbons (Fsp3) is 0.700. The molecule has 1 atom stereocenters. The van der Waals surface area contributed by atoms with Crippen LogP contribution >= 0.6 is 0 Å². The van der Waals surface area contributed by atoms with E-state index in [0.29, 0.717) is 6.42 Å². The van der Waals surface area contributed by atoms with Crippen LogP contribution in [0.1, 0.15) is 32.6 Å². The minimum absolute atomic E-state index is 0.0265.